The van der Waals surface area contributed by atoms with Crippen LogP contribution in [-0.2, 0) is 17.2 Å². The molecule has 1 aliphatic carbocycles. The number of benzene rings is 2. The van der Waals surface area contributed by atoms with E-state index in [0.29, 0.717) is 0 Å². The molecule has 1 saturated heterocycles. The Labute approximate surface area is 177 Å². The van der Waals surface area contributed by atoms with E-state index >= 15 is 0 Å². The molecule has 2 heterocycles. The molecule has 5 heteroatoms. The number of aryl methyl sites for hydroxylation is 1. The first-order chi connectivity index (χ1) is 14.4. The van der Waals surface area contributed by atoms with Gasteiger partial charge in [0.2, 0.25) is 0 Å². The van der Waals surface area contributed by atoms with Crippen LogP contribution in [0.1, 0.15) is 46.6 Å². The molecule has 5 rings (SSSR count). The van der Waals surface area contributed by atoms with Gasteiger partial charge in [-0.15, -0.1) is 0 Å². The number of ether oxygens (including phenoxy) is 1. The summed E-state index contributed by atoms with van der Waals surface area (Å²) in [5.41, 5.74) is 6.83. The highest BCUT2D eigenvalue weighted by Crippen LogP contribution is 2.46. The Hall–Kier alpha value is -2.92. The summed E-state index contributed by atoms with van der Waals surface area (Å²) in [5.74, 6) is 0.121. The van der Waals surface area contributed by atoms with Gasteiger partial charge in [-0.2, -0.15) is 0 Å². The van der Waals surface area contributed by atoms with Gasteiger partial charge in [0.1, 0.15) is 0 Å². The molecule has 5 nitrogen and oxygen atoms in total. The minimum Gasteiger partial charge on any atom is -0.378 e. The Morgan fingerprint density at radius 3 is 2.60 bits per heavy atom. The lowest BCUT2D eigenvalue weighted by Gasteiger charge is -2.36. The Bertz CT molecular complexity index is 1200. The zero-order valence-corrected chi connectivity index (χ0v) is 18.0. The van der Waals surface area contributed by atoms with Crippen LogP contribution in [0.2, 0.25) is 0 Å². The van der Waals surface area contributed by atoms with Crippen LogP contribution in [0.4, 0.5) is 5.69 Å². The van der Waals surface area contributed by atoms with Crippen LogP contribution >= 0.6 is 0 Å². The Morgan fingerprint density at radius 1 is 1.10 bits per heavy atom. The van der Waals surface area contributed by atoms with Gasteiger partial charge in [0.15, 0.2) is 5.78 Å². The van der Waals surface area contributed by atoms with Crippen molar-refractivity contribution in [1.29, 1.82) is 0 Å². The summed E-state index contributed by atoms with van der Waals surface area (Å²) in [4.78, 5) is 20.1. The number of nitrogens with zero attached hydrogens (tertiary/aromatic N) is 3. The maximum Gasteiger partial charge on any atom is 0.195 e. The highest BCUT2D eigenvalue weighted by molar-refractivity contribution is 6.20. The normalized spacial score (nSPS) is 18.1. The smallest absolute Gasteiger partial charge is 0.195 e. The third kappa shape index (κ3) is 2.65. The second kappa shape index (κ2) is 6.81. The van der Waals surface area contributed by atoms with Crippen LogP contribution < -0.4 is 4.90 Å². The number of aliphatic imine (C=N–C) groups is 1. The van der Waals surface area contributed by atoms with Crippen molar-refractivity contribution in [3.8, 4) is 0 Å². The van der Waals surface area contributed by atoms with E-state index in [4.69, 9.17) is 4.74 Å². The van der Waals surface area contributed by atoms with Gasteiger partial charge in [0, 0.05) is 66.7 Å². The molecule has 0 saturated carbocycles. The van der Waals surface area contributed by atoms with E-state index in [1.807, 2.05) is 18.3 Å². The molecule has 0 bridgehead atoms. The Kier molecular flexibility index (Phi) is 4.33. The van der Waals surface area contributed by atoms with Crippen LogP contribution in [0, 0.1) is 0 Å². The predicted octanol–water partition coefficient (Wildman–Crippen LogP) is 3.93. The molecule has 0 spiro atoms. The summed E-state index contributed by atoms with van der Waals surface area (Å²) >= 11 is 0. The van der Waals surface area contributed by atoms with E-state index in [1.54, 1.807) is 7.05 Å². The van der Waals surface area contributed by atoms with Gasteiger partial charge in [-0.05, 0) is 35.4 Å². The minimum absolute atomic E-state index is 0.121. The molecule has 1 aliphatic heterocycles. The van der Waals surface area contributed by atoms with Crippen LogP contribution in [0.25, 0.3) is 10.9 Å². The van der Waals surface area contributed by atoms with Crippen molar-refractivity contribution >= 4 is 28.6 Å². The molecule has 2 aromatic carbocycles. The average molecular weight is 402 g/mol. The number of rotatable bonds is 2. The van der Waals surface area contributed by atoms with E-state index in [9.17, 15) is 4.79 Å². The number of fused-ring (bicyclic) bond motifs is 4. The summed E-state index contributed by atoms with van der Waals surface area (Å²) in [5, 5.41) is 1.02. The second-order valence-corrected chi connectivity index (χ2v) is 8.73. The molecule has 3 aromatic rings. The molecule has 2 aliphatic rings. The van der Waals surface area contributed by atoms with Gasteiger partial charge in [-0.25, -0.2) is 0 Å². The van der Waals surface area contributed by atoms with Crippen molar-refractivity contribution in [3.05, 3.63) is 64.3 Å². The zero-order chi connectivity index (χ0) is 21.0. The Morgan fingerprint density at radius 2 is 1.87 bits per heavy atom. The van der Waals surface area contributed by atoms with Crippen molar-refractivity contribution in [2.45, 2.75) is 19.3 Å². The fraction of sp³-hybridized carbons (Fsp3) is 0.360. The van der Waals surface area contributed by atoms with Crippen molar-refractivity contribution < 1.29 is 9.53 Å². The average Bonchev–Trinajstić information content (AvgIpc) is 3.06. The van der Waals surface area contributed by atoms with E-state index in [2.05, 4.69) is 59.6 Å². The molecule has 1 aromatic heterocycles. The lowest BCUT2D eigenvalue weighted by molar-refractivity contribution is 0.103. The molecule has 0 N–H and O–H groups in total. The first-order valence-corrected chi connectivity index (χ1v) is 10.5. The Balaban J connectivity index is 1.71. The summed E-state index contributed by atoms with van der Waals surface area (Å²) in [6.07, 6.45) is 1.85. The summed E-state index contributed by atoms with van der Waals surface area (Å²) < 4.78 is 7.70. The topological polar surface area (TPSA) is 46.8 Å². The van der Waals surface area contributed by atoms with Crippen molar-refractivity contribution in [2.75, 3.05) is 38.3 Å². The number of aromatic nitrogens is 1. The van der Waals surface area contributed by atoms with Crippen molar-refractivity contribution in [1.82, 2.24) is 4.57 Å². The molecular formula is C25H27N3O2. The molecular weight excluding hydrogens is 374 g/mol. The lowest BCUT2D eigenvalue weighted by atomic mass is 9.71. The van der Waals surface area contributed by atoms with E-state index in [1.165, 1.54) is 5.69 Å². The van der Waals surface area contributed by atoms with Crippen LogP contribution in [0.3, 0.4) is 0 Å². The van der Waals surface area contributed by atoms with Gasteiger partial charge in [-0.1, -0.05) is 26.0 Å². The van der Waals surface area contributed by atoms with Gasteiger partial charge >= 0.3 is 0 Å². The maximum absolute atomic E-state index is 13.6. The third-order valence-corrected chi connectivity index (χ3v) is 6.62. The molecule has 0 atom stereocenters. The fourth-order valence-electron chi connectivity index (χ4n) is 5.17. The second-order valence-electron chi connectivity index (χ2n) is 8.73. The van der Waals surface area contributed by atoms with Crippen LogP contribution in [-0.4, -0.2) is 49.9 Å². The maximum atomic E-state index is 13.6. The highest BCUT2D eigenvalue weighted by Gasteiger charge is 2.41. The largest absolute Gasteiger partial charge is 0.378 e. The number of ketones is 1. The molecule has 1 fully saturated rings. The van der Waals surface area contributed by atoms with Gasteiger partial charge in [-0.3, -0.25) is 9.79 Å². The number of carbonyl (C=O) groups is 1. The quantitative estimate of drug-likeness (QED) is 0.611. The minimum atomic E-state index is -0.284. The zero-order valence-electron chi connectivity index (χ0n) is 18.0. The summed E-state index contributed by atoms with van der Waals surface area (Å²) in [7, 11) is 3.84. The SMILES string of the molecule is C/N=C/c1ccc2c3c(n(C)c2c1)C(C)(C)c1cc(N2CCOCC2)ccc1C3=O. The van der Waals surface area contributed by atoms with Crippen molar-refractivity contribution in [3.63, 3.8) is 0 Å². The molecule has 0 radical (unpaired) electrons. The van der Waals surface area contributed by atoms with Crippen LogP contribution in [0.15, 0.2) is 41.4 Å². The number of morpholine rings is 1. The van der Waals surface area contributed by atoms with E-state index in [-0.39, 0.29) is 11.2 Å². The number of hydrogen-bond donors (Lipinski definition) is 0. The van der Waals surface area contributed by atoms with Crippen LogP contribution in [0.5, 0.6) is 0 Å². The van der Waals surface area contributed by atoms with Gasteiger partial charge in [0.25, 0.3) is 0 Å². The van der Waals surface area contributed by atoms with Crippen molar-refractivity contribution in [2.24, 2.45) is 12.0 Å². The number of anilines is 1. The molecule has 30 heavy (non-hydrogen) atoms. The lowest BCUT2D eigenvalue weighted by Crippen LogP contribution is -2.37. The summed E-state index contributed by atoms with van der Waals surface area (Å²) in [6.45, 7) is 7.72. The molecule has 154 valence electrons. The predicted molar refractivity (Wildman–Crippen MR) is 121 cm³/mol. The fourth-order valence-corrected chi connectivity index (χ4v) is 5.17. The molecule has 0 amide bonds. The number of hydrogen-bond acceptors (Lipinski definition) is 4. The standard InChI is InChI=1S/C25H27N3O2/c1-25(2)20-14-17(28-9-11-30-12-10-28)6-8-18(20)23(29)22-19-7-5-16(15-26-3)13-21(19)27(4)24(22)25/h5-8,13-15H,9-12H2,1-4H3/b26-15+. The molecule has 0 unspecified atom stereocenters. The van der Waals surface area contributed by atoms with E-state index in [0.717, 1.165) is 65.2 Å². The highest BCUT2D eigenvalue weighted by atomic mass is 16.5. The van der Waals surface area contributed by atoms with Gasteiger partial charge in [0.05, 0.1) is 18.8 Å². The monoisotopic (exact) mass is 401 g/mol. The first-order valence-electron chi connectivity index (χ1n) is 10.5. The van der Waals surface area contributed by atoms with E-state index < -0.39 is 0 Å². The van der Waals surface area contributed by atoms with Gasteiger partial charge < -0.3 is 14.2 Å². The summed E-state index contributed by atoms with van der Waals surface area (Å²) in [6, 6.07) is 12.5. The number of carbonyl (C=O) groups excluding carboxylic acids is 1. The first kappa shape index (κ1) is 19.1. The third-order valence-electron chi connectivity index (χ3n) is 6.62.